The van der Waals surface area contributed by atoms with E-state index in [1.165, 1.54) is 12.3 Å². The summed E-state index contributed by atoms with van der Waals surface area (Å²) >= 11 is 0. The summed E-state index contributed by atoms with van der Waals surface area (Å²) in [6.45, 7) is 0.559. The Hall–Kier alpha value is -2.37. The van der Waals surface area contributed by atoms with Crippen molar-refractivity contribution in [3.63, 3.8) is 0 Å². The van der Waals surface area contributed by atoms with E-state index < -0.39 is 11.4 Å². The summed E-state index contributed by atoms with van der Waals surface area (Å²) in [6, 6.07) is 3.04. The number of hydrogen-bond acceptors (Lipinski definition) is 2. The van der Waals surface area contributed by atoms with Gasteiger partial charge in [0, 0.05) is 36.1 Å². The topological polar surface area (TPSA) is 77.8 Å². The summed E-state index contributed by atoms with van der Waals surface area (Å²) in [5.74, 6) is -1.03. The molecule has 0 atom stereocenters. The largest absolute Gasteiger partial charge is 0.358 e. The second-order valence-corrected chi connectivity index (χ2v) is 4.12. The molecule has 1 aliphatic rings. The van der Waals surface area contributed by atoms with E-state index in [0.717, 1.165) is 5.69 Å². The normalized spacial score (nSPS) is 14.2. The number of amides is 1. The SMILES string of the molecule is O=C1NCCc2[nH]c(-c3cc[nH]c(=O)c3F)cc21. The molecule has 0 bridgehead atoms. The third kappa shape index (κ3) is 1.54. The lowest BCUT2D eigenvalue weighted by Gasteiger charge is -2.10. The van der Waals surface area contributed by atoms with E-state index in [2.05, 4.69) is 15.3 Å². The number of carbonyl (C=O) groups is 1. The van der Waals surface area contributed by atoms with Crippen molar-refractivity contribution in [1.29, 1.82) is 0 Å². The summed E-state index contributed by atoms with van der Waals surface area (Å²) in [5, 5.41) is 2.71. The van der Waals surface area contributed by atoms with Crippen LogP contribution < -0.4 is 10.9 Å². The second-order valence-electron chi connectivity index (χ2n) is 4.12. The predicted molar refractivity (Wildman–Crippen MR) is 62.8 cm³/mol. The van der Waals surface area contributed by atoms with Crippen molar-refractivity contribution in [1.82, 2.24) is 15.3 Å². The van der Waals surface area contributed by atoms with E-state index in [9.17, 15) is 14.0 Å². The molecule has 1 amide bonds. The number of aromatic nitrogens is 2. The Balaban J connectivity index is 2.16. The summed E-state index contributed by atoms with van der Waals surface area (Å²) in [4.78, 5) is 28.0. The minimum absolute atomic E-state index is 0.168. The number of fused-ring (bicyclic) bond motifs is 1. The standard InChI is InChI=1S/C12H10FN3O2/c13-10-6(1-3-15-12(10)18)9-5-7-8(16-9)2-4-14-11(7)17/h1,3,5,16H,2,4H2,(H,14,17)(H,15,18). The monoisotopic (exact) mass is 247 g/mol. The van der Waals surface area contributed by atoms with Crippen LogP contribution in [0.1, 0.15) is 16.1 Å². The molecule has 0 spiro atoms. The van der Waals surface area contributed by atoms with Crippen LogP contribution in [0, 0.1) is 5.82 Å². The van der Waals surface area contributed by atoms with Gasteiger partial charge in [0.25, 0.3) is 11.5 Å². The fraction of sp³-hybridized carbons (Fsp3) is 0.167. The first-order valence-corrected chi connectivity index (χ1v) is 5.54. The lowest BCUT2D eigenvalue weighted by Crippen LogP contribution is -2.31. The Morgan fingerprint density at radius 2 is 2.06 bits per heavy atom. The highest BCUT2D eigenvalue weighted by atomic mass is 19.1. The molecule has 3 heterocycles. The summed E-state index contributed by atoms with van der Waals surface area (Å²) in [6.07, 6.45) is 2.05. The van der Waals surface area contributed by atoms with Crippen molar-refractivity contribution in [2.45, 2.75) is 6.42 Å². The first-order valence-electron chi connectivity index (χ1n) is 5.54. The third-order valence-corrected chi connectivity index (χ3v) is 2.99. The fourth-order valence-electron chi connectivity index (χ4n) is 2.11. The minimum atomic E-state index is -0.850. The molecule has 0 unspecified atom stereocenters. The molecule has 3 N–H and O–H groups in total. The molecule has 2 aromatic rings. The number of carbonyl (C=O) groups excluding carboxylic acids is 1. The zero-order chi connectivity index (χ0) is 12.7. The Morgan fingerprint density at radius 1 is 1.22 bits per heavy atom. The molecule has 3 rings (SSSR count). The maximum Gasteiger partial charge on any atom is 0.284 e. The number of halogens is 1. The first-order chi connectivity index (χ1) is 8.66. The van der Waals surface area contributed by atoms with Crippen molar-refractivity contribution >= 4 is 5.91 Å². The van der Waals surface area contributed by atoms with Crippen LogP contribution in [0.15, 0.2) is 23.1 Å². The van der Waals surface area contributed by atoms with Gasteiger partial charge in [0.2, 0.25) is 0 Å². The van der Waals surface area contributed by atoms with Crippen molar-refractivity contribution in [2.24, 2.45) is 0 Å². The lowest BCUT2D eigenvalue weighted by molar-refractivity contribution is 0.0946. The molecule has 0 saturated carbocycles. The molecule has 0 aromatic carbocycles. The maximum absolute atomic E-state index is 13.7. The summed E-state index contributed by atoms with van der Waals surface area (Å²) in [7, 11) is 0. The van der Waals surface area contributed by atoms with E-state index in [1.807, 2.05) is 0 Å². The molecule has 0 fully saturated rings. The quantitative estimate of drug-likeness (QED) is 0.696. The Kier molecular flexibility index (Phi) is 2.29. The molecule has 92 valence electrons. The van der Waals surface area contributed by atoms with Crippen LogP contribution in [-0.2, 0) is 6.42 Å². The van der Waals surface area contributed by atoms with Gasteiger partial charge >= 0.3 is 0 Å². The molecular formula is C12H10FN3O2. The van der Waals surface area contributed by atoms with Gasteiger partial charge in [-0.25, -0.2) is 4.39 Å². The van der Waals surface area contributed by atoms with Crippen molar-refractivity contribution < 1.29 is 9.18 Å². The van der Waals surface area contributed by atoms with Crippen molar-refractivity contribution in [2.75, 3.05) is 6.54 Å². The van der Waals surface area contributed by atoms with Crippen LogP contribution in [0.2, 0.25) is 0 Å². The van der Waals surface area contributed by atoms with Crippen LogP contribution in [-0.4, -0.2) is 22.4 Å². The Morgan fingerprint density at radius 3 is 2.83 bits per heavy atom. The van der Waals surface area contributed by atoms with Gasteiger partial charge in [-0.2, -0.15) is 0 Å². The Labute approximate surface area is 101 Å². The van der Waals surface area contributed by atoms with E-state index >= 15 is 0 Å². The van der Waals surface area contributed by atoms with E-state index in [-0.39, 0.29) is 11.5 Å². The van der Waals surface area contributed by atoms with Crippen LogP contribution in [0.4, 0.5) is 4.39 Å². The number of aromatic amines is 2. The highest BCUT2D eigenvalue weighted by molar-refractivity contribution is 5.97. The molecule has 0 radical (unpaired) electrons. The van der Waals surface area contributed by atoms with E-state index in [1.54, 1.807) is 6.07 Å². The fourth-order valence-corrected chi connectivity index (χ4v) is 2.11. The van der Waals surface area contributed by atoms with Gasteiger partial charge in [0.15, 0.2) is 5.82 Å². The molecule has 0 saturated heterocycles. The third-order valence-electron chi connectivity index (χ3n) is 2.99. The average molecular weight is 247 g/mol. The molecule has 1 aliphatic heterocycles. The molecule has 18 heavy (non-hydrogen) atoms. The molecule has 0 aliphatic carbocycles. The van der Waals surface area contributed by atoms with Crippen LogP contribution in [0.25, 0.3) is 11.3 Å². The second kappa shape index (κ2) is 3.83. The smallest absolute Gasteiger partial charge is 0.284 e. The molecule has 6 heteroatoms. The van der Waals surface area contributed by atoms with Crippen LogP contribution in [0.5, 0.6) is 0 Å². The minimum Gasteiger partial charge on any atom is -0.358 e. The molecule has 2 aromatic heterocycles. The molecule has 5 nitrogen and oxygen atoms in total. The van der Waals surface area contributed by atoms with Gasteiger partial charge in [-0.3, -0.25) is 9.59 Å². The van der Waals surface area contributed by atoms with E-state index in [4.69, 9.17) is 0 Å². The Bertz CT molecular complexity index is 687. The van der Waals surface area contributed by atoms with Crippen molar-refractivity contribution in [3.8, 4) is 11.3 Å². The lowest BCUT2D eigenvalue weighted by atomic mass is 10.1. The van der Waals surface area contributed by atoms with Gasteiger partial charge in [-0.1, -0.05) is 0 Å². The predicted octanol–water partition coefficient (Wildman–Crippen LogP) is 0.795. The maximum atomic E-state index is 13.7. The first kappa shape index (κ1) is 10.8. The van der Waals surface area contributed by atoms with Gasteiger partial charge < -0.3 is 15.3 Å². The number of pyridine rings is 1. The zero-order valence-electron chi connectivity index (χ0n) is 9.34. The highest BCUT2D eigenvalue weighted by Crippen LogP contribution is 2.24. The zero-order valence-corrected chi connectivity index (χ0v) is 9.34. The van der Waals surface area contributed by atoms with Gasteiger partial charge in [0.1, 0.15) is 0 Å². The van der Waals surface area contributed by atoms with Crippen molar-refractivity contribution in [3.05, 3.63) is 45.8 Å². The number of hydrogen-bond donors (Lipinski definition) is 3. The number of H-pyrrole nitrogens is 2. The van der Waals surface area contributed by atoms with E-state index in [0.29, 0.717) is 24.2 Å². The van der Waals surface area contributed by atoms with Gasteiger partial charge in [0.05, 0.1) is 5.56 Å². The average Bonchev–Trinajstić information content (AvgIpc) is 2.78. The number of nitrogens with one attached hydrogen (secondary N) is 3. The van der Waals surface area contributed by atoms with Gasteiger partial charge in [-0.05, 0) is 12.1 Å². The van der Waals surface area contributed by atoms with Gasteiger partial charge in [-0.15, -0.1) is 0 Å². The summed E-state index contributed by atoms with van der Waals surface area (Å²) < 4.78 is 13.7. The molecular weight excluding hydrogens is 237 g/mol. The highest BCUT2D eigenvalue weighted by Gasteiger charge is 2.21. The van der Waals surface area contributed by atoms with Crippen LogP contribution in [0.3, 0.4) is 0 Å². The number of rotatable bonds is 1. The van der Waals surface area contributed by atoms with Crippen LogP contribution >= 0.6 is 0 Å². The summed E-state index contributed by atoms with van der Waals surface area (Å²) in [5.41, 5.74) is 1.12.